The fraction of sp³-hybridized carbons (Fsp3) is 0.364. The number of methoxy groups -OCH3 is 1. The van der Waals surface area contributed by atoms with Crippen LogP contribution in [-0.2, 0) is 9.53 Å². The maximum absolute atomic E-state index is 13.2. The Morgan fingerprint density at radius 3 is 2.24 bits per heavy atom. The van der Waals surface area contributed by atoms with Crippen LogP contribution in [0.4, 0.5) is 18.9 Å². The molecule has 94 valence electrons. The molecule has 0 saturated heterocycles. The van der Waals surface area contributed by atoms with Crippen LogP contribution in [0, 0.1) is 17.5 Å². The first-order chi connectivity index (χ1) is 7.77. The molecule has 0 heterocycles. The van der Waals surface area contributed by atoms with Gasteiger partial charge in [-0.25, -0.2) is 13.2 Å². The number of rotatable bonds is 3. The van der Waals surface area contributed by atoms with Crippen molar-refractivity contribution in [2.24, 2.45) is 0 Å². The Bertz CT molecular complexity index is 447. The van der Waals surface area contributed by atoms with Crippen LogP contribution in [0.2, 0.25) is 0 Å². The predicted molar refractivity (Wildman–Crippen MR) is 56.0 cm³/mol. The Balaban J connectivity index is 2.97. The van der Waals surface area contributed by atoms with Crippen molar-refractivity contribution in [3.8, 4) is 0 Å². The van der Waals surface area contributed by atoms with Crippen LogP contribution in [-0.4, -0.2) is 18.6 Å². The largest absolute Gasteiger partial charge is 0.369 e. The molecule has 3 nitrogen and oxygen atoms in total. The van der Waals surface area contributed by atoms with Gasteiger partial charge in [-0.2, -0.15) is 0 Å². The molecule has 1 N–H and O–H groups in total. The zero-order valence-corrected chi connectivity index (χ0v) is 9.61. The number of ether oxygens (including phenoxy) is 1. The zero-order valence-electron chi connectivity index (χ0n) is 9.61. The van der Waals surface area contributed by atoms with Gasteiger partial charge in [-0.1, -0.05) is 0 Å². The van der Waals surface area contributed by atoms with Crippen molar-refractivity contribution in [3.63, 3.8) is 0 Å². The molecule has 0 aliphatic carbocycles. The highest BCUT2D eigenvalue weighted by Crippen LogP contribution is 2.20. The first-order valence-corrected chi connectivity index (χ1v) is 4.79. The number of nitrogens with one attached hydrogen (secondary N) is 1. The lowest BCUT2D eigenvalue weighted by Gasteiger charge is -2.21. The minimum atomic E-state index is -1.31. The fourth-order valence-electron chi connectivity index (χ4n) is 0.984. The van der Waals surface area contributed by atoms with E-state index in [0.717, 1.165) is 0 Å². The summed E-state index contributed by atoms with van der Waals surface area (Å²) in [5.74, 6) is -4.27. The molecule has 0 aliphatic rings. The Labute approximate surface area is 96.6 Å². The SMILES string of the molecule is COC(C)(C)C(=O)Nc1cc(F)c(F)cc1F. The van der Waals surface area contributed by atoms with Gasteiger partial charge >= 0.3 is 0 Å². The van der Waals surface area contributed by atoms with E-state index >= 15 is 0 Å². The lowest BCUT2D eigenvalue weighted by molar-refractivity contribution is -0.133. The molecule has 1 aromatic rings. The number of carbonyl (C=O) groups is 1. The minimum absolute atomic E-state index is 0.366. The smallest absolute Gasteiger partial charge is 0.256 e. The van der Waals surface area contributed by atoms with Crippen LogP contribution in [0.1, 0.15) is 13.8 Å². The van der Waals surface area contributed by atoms with Crippen molar-refractivity contribution in [3.05, 3.63) is 29.6 Å². The molecule has 1 aromatic carbocycles. The van der Waals surface area contributed by atoms with Crippen molar-refractivity contribution in [2.75, 3.05) is 12.4 Å². The number of hydrogen-bond donors (Lipinski definition) is 1. The molecule has 0 aromatic heterocycles. The Hall–Kier alpha value is -1.56. The lowest BCUT2D eigenvalue weighted by Crippen LogP contribution is -2.39. The maximum Gasteiger partial charge on any atom is 0.256 e. The van der Waals surface area contributed by atoms with E-state index in [1.54, 1.807) is 0 Å². The number of carbonyl (C=O) groups excluding carboxylic acids is 1. The van der Waals surface area contributed by atoms with Gasteiger partial charge in [0.2, 0.25) is 0 Å². The Kier molecular flexibility index (Phi) is 3.77. The van der Waals surface area contributed by atoms with Crippen LogP contribution in [0.25, 0.3) is 0 Å². The summed E-state index contributed by atoms with van der Waals surface area (Å²) < 4.78 is 43.6. The lowest BCUT2D eigenvalue weighted by atomic mass is 10.1. The number of benzene rings is 1. The van der Waals surface area contributed by atoms with E-state index in [-0.39, 0.29) is 0 Å². The third-order valence-corrected chi connectivity index (χ3v) is 2.32. The average Bonchev–Trinajstić information content (AvgIpc) is 2.25. The van der Waals surface area contributed by atoms with Crippen LogP contribution in [0.15, 0.2) is 12.1 Å². The third-order valence-electron chi connectivity index (χ3n) is 2.32. The van der Waals surface area contributed by atoms with Gasteiger partial charge in [0.05, 0.1) is 5.69 Å². The highest BCUT2D eigenvalue weighted by molar-refractivity contribution is 5.96. The van der Waals surface area contributed by atoms with E-state index in [2.05, 4.69) is 5.32 Å². The summed E-state index contributed by atoms with van der Waals surface area (Å²) in [5, 5.41) is 2.12. The highest BCUT2D eigenvalue weighted by Gasteiger charge is 2.28. The molecule has 0 radical (unpaired) electrons. The zero-order chi connectivity index (χ0) is 13.2. The van der Waals surface area contributed by atoms with E-state index in [9.17, 15) is 18.0 Å². The molecule has 0 atom stereocenters. The summed E-state index contributed by atoms with van der Waals surface area (Å²) in [7, 11) is 1.31. The summed E-state index contributed by atoms with van der Waals surface area (Å²) in [6.45, 7) is 2.92. The van der Waals surface area contributed by atoms with Crippen LogP contribution >= 0.6 is 0 Å². The molecule has 0 aliphatic heterocycles. The number of hydrogen-bond acceptors (Lipinski definition) is 2. The van der Waals surface area contributed by atoms with Gasteiger partial charge in [0, 0.05) is 19.2 Å². The van der Waals surface area contributed by atoms with Crippen molar-refractivity contribution in [2.45, 2.75) is 19.4 Å². The Morgan fingerprint density at radius 2 is 1.71 bits per heavy atom. The second-order valence-corrected chi connectivity index (χ2v) is 3.91. The molecule has 0 fully saturated rings. The van der Waals surface area contributed by atoms with E-state index < -0.39 is 34.6 Å². The van der Waals surface area contributed by atoms with Crippen LogP contribution < -0.4 is 5.32 Å². The van der Waals surface area contributed by atoms with Gasteiger partial charge in [-0.05, 0) is 13.8 Å². The topological polar surface area (TPSA) is 38.3 Å². The first-order valence-electron chi connectivity index (χ1n) is 4.79. The third kappa shape index (κ3) is 2.97. The second kappa shape index (κ2) is 4.75. The molecule has 0 spiro atoms. The van der Waals surface area contributed by atoms with Gasteiger partial charge in [0.25, 0.3) is 5.91 Å². The van der Waals surface area contributed by atoms with Gasteiger partial charge < -0.3 is 10.1 Å². The van der Waals surface area contributed by atoms with Crippen molar-refractivity contribution >= 4 is 11.6 Å². The van der Waals surface area contributed by atoms with E-state index in [1.165, 1.54) is 21.0 Å². The van der Waals surface area contributed by atoms with E-state index in [4.69, 9.17) is 4.74 Å². The predicted octanol–water partition coefficient (Wildman–Crippen LogP) is 2.47. The summed E-state index contributed by atoms with van der Waals surface area (Å²) >= 11 is 0. The van der Waals surface area contributed by atoms with Crippen molar-refractivity contribution in [1.29, 1.82) is 0 Å². The Morgan fingerprint density at radius 1 is 1.18 bits per heavy atom. The molecule has 1 rings (SSSR count). The standard InChI is InChI=1S/C11H12F3NO2/c1-11(2,17-3)10(16)15-9-5-7(13)6(12)4-8(9)14/h4-5H,1-3H3,(H,15,16). The molecule has 0 saturated carbocycles. The average molecular weight is 247 g/mol. The summed E-state index contributed by atoms with van der Waals surface area (Å²) in [4.78, 5) is 11.6. The van der Waals surface area contributed by atoms with Gasteiger partial charge in [-0.15, -0.1) is 0 Å². The minimum Gasteiger partial charge on any atom is -0.369 e. The number of anilines is 1. The molecule has 0 bridgehead atoms. The number of amides is 1. The van der Waals surface area contributed by atoms with E-state index in [0.29, 0.717) is 12.1 Å². The monoisotopic (exact) mass is 247 g/mol. The summed E-state index contributed by atoms with van der Waals surface area (Å²) in [6, 6.07) is 0.944. The number of halogens is 3. The van der Waals surface area contributed by atoms with Gasteiger partial charge in [0.1, 0.15) is 11.4 Å². The maximum atomic E-state index is 13.2. The second-order valence-electron chi connectivity index (χ2n) is 3.91. The quantitative estimate of drug-likeness (QED) is 0.833. The first kappa shape index (κ1) is 13.5. The molecule has 0 unspecified atom stereocenters. The van der Waals surface area contributed by atoms with Gasteiger partial charge in [0.15, 0.2) is 11.6 Å². The van der Waals surface area contributed by atoms with Crippen LogP contribution in [0.5, 0.6) is 0 Å². The summed E-state index contributed by atoms with van der Waals surface area (Å²) in [6.07, 6.45) is 0. The molecule has 1 amide bonds. The van der Waals surface area contributed by atoms with Crippen LogP contribution in [0.3, 0.4) is 0 Å². The summed E-state index contributed by atoms with van der Waals surface area (Å²) in [5.41, 5.74) is -1.63. The van der Waals surface area contributed by atoms with Crippen molar-refractivity contribution < 1.29 is 22.7 Å². The molecule has 17 heavy (non-hydrogen) atoms. The molecular weight excluding hydrogens is 235 g/mol. The molecular formula is C11H12F3NO2. The highest BCUT2D eigenvalue weighted by atomic mass is 19.2. The van der Waals surface area contributed by atoms with E-state index in [1.807, 2.05) is 0 Å². The molecule has 6 heteroatoms. The van der Waals surface area contributed by atoms with Crippen molar-refractivity contribution in [1.82, 2.24) is 0 Å². The fourth-order valence-corrected chi connectivity index (χ4v) is 0.984. The normalized spacial score (nSPS) is 11.4. The van der Waals surface area contributed by atoms with Gasteiger partial charge in [-0.3, -0.25) is 4.79 Å².